The second-order valence-electron chi connectivity index (χ2n) is 7.42. The van der Waals surface area contributed by atoms with Crippen molar-refractivity contribution in [2.45, 2.75) is 25.8 Å². The van der Waals surface area contributed by atoms with E-state index >= 15 is 0 Å². The number of halogens is 1. The molecule has 156 valence electrons. The molecule has 1 fully saturated rings. The third-order valence-electron chi connectivity index (χ3n) is 5.29. The van der Waals surface area contributed by atoms with Crippen molar-refractivity contribution in [1.29, 1.82) is 0 Å². The highest BCUT2D eigenvalue weighted by Crippen LogP contribution is 2.29. The molecule has 0 saturated carbocycles. The highest BCUT2D eigenvalue weighted by Gasteiger charge is 2.17. The first-order valence-electron chi connectivity index (χ1n) is 10.1. The zero-order valence-electron chi connectivity index (χ0n) is 16.7. The quantitative estimate of drug-likeness (QED) is 0.532. The summed E-state index contributed by atoms with van der Waals surface area (Å²) >= 11 is 6.26. The Bertz CT molecular complexity index is 1050. The summed E-state index contributed by atoms with van der Waals surface area (Å²) in [5.74, 6) is 1.45. The molecule has 1 aliphatic heterocycles. The van der Waals surface area contributed by atoms with E-state index in [4.69, 9.17) is 17.3 Å². The minimum atomic E-state index is 0.212. The lowest BCUT2D eigenvalue weighted by atomic mass is 10.1. The summed E-state index contributed by atoms with van der Waals surface area (Å²) in [5.41, 5.74) is 7.95. The number of nitrogen functional groups attached to an aromatic ring is 1. The summed E-state index contributed by atoms with van der Waals surface area (Å²) in [4.78, 5) is 22.5. The SMILES string of the molecule is Nc1ncc(Cl)c2cc(NCc3ccnc(NCCC(=O)N4CCCC4)c3)ccc12. The number of nitrogens with two attached hydrogens (primary N) is 1. The van der Waals surface area contributed by atoms with Gasteiger partial charge in [-0.2, -0.15) is 0 Å². The minimum Gasteiger partial charge on any atom is -0.383 e. The van der Waals surface area contributed by atoms with Gasteiger partial charge in [0.2, 0.25) is 5.91 Å². The van der Waals surface area contributed by atoms with Gasteiger partial charge in [0, 0.05) is 61.5 Å². The number of hydrogen-bond acceptors (Lipinski definition) is 6. The van der Waals surface area contributed by atoms with Crippen LogP contribution in [0, 0.1) is 0 Å². The Labute approximate surface area is 180 Å². The molecule has 7 nitrogen and oxygen atoms in total. The maximum Gasteiger partial charge on any atom is 0.224 e. The van der Waals surface area contributed by atoms with E-state index in [1.165, 1.54) is 0 Å². The first-order chi connectivity index (χ1) is 14.6. The Hall–Kier alpha value is -3.06. The molecular formula is C22H25ClN6O. The van der Waals surface area contributed by atoms with Crippen molar-refractivity contribution in [2.24, 2.45) is 0 Å². The average molecular weight is 425 g/mol. The molecule has 0 unspecified atom stereocenters. The van der Waals surface area contributed by atoms with Crippen LogP contribution in [0.25, 0.3) is 10.8 Å². The minimum absolute atomic E-state index is 0.212. The Morgan fingerprint density at radius 3 is 2.77 bits per heavy atom. The number of fused-ring (bicyclic) bond motifs is 1. The van der Waals surface area contributed by atoms with Gasteiger partial charge in [-0.25, -0.2) is 9.97 Å². The van der Waals surface area contributed by atoms with Crippen molar-refractivity contribution in [3.63, 3.8) is 0 Å². The Morgan fingerprint density at radius 2 is 1.93 bits per heavy atom. The van der Waals surface area contributed by atoms with Crippen LogP contribution in [0.5, 0.6) is 0 Å². The molecule has 3 aromatic rings. The standard InChI is InChI=1S/C22H25ClN6O/c23-19-14-28-22(24)17-4-3-16(12-18(17)19)27-13-15-5-7-25-20(11-15)26-8-6-21(30)29-9-1-2-10-29/h3-5,7,11-12,14,27H,1-2,6,8-10,13H2,(H2,24,28)(H,25,26). The number of benzene rings is 1. The molecular weight excluding hydrogens is 400 g/mol. The molecule has 2 aromatic heterocycles. The molecule has 1 aromatic carbocycles. The monoisotopic (exact) mass is 424 g/mol. The van der Waals surface area contributed by atoms with Crippen molar-refractivity contribution < 1.29 is 4.79 Å². The molecule has 0 radical (unpaired) electrons. The molecule has 0 spiro atoms. The van der Waals surface area contributed by atoms with Crippen LogP contribution in [0.15, 0.2) is 42.7 Å². The molecule has 0 bridgehead atoms. The third-order valence-corrected chi connectivity index (χ3v) is 5.60. The first kappa shape index (κ1) is 20.2. The number of aromatic nitrogens is 2. The summed E-state index contributed by atoms with van der Waals surface area (Å²) in [6, 6.07) is 9.80. The number of hydrogen-bond donors (Lipinski definition) is 3. The summed E-state index contributed by atoms with van der Waals surface area (Å²) in [6.45, 7) is 2.99. The van der Waals surface area contributed by atoms with Crippen molar-refractivity contribution >= 4 is 45.6 Å². The van der Waals surface area contributed by atoms with Gasteiger partial charge < -0.3 is 21.3 Å². The molecule has 0 aliphatic carbocycles. The van der Waals surface area contributed by atoms with Gasteiger partial charge in [-0.05, 0) is 48.7 Å². The molecule has 1 amide bonds. The highest BCUT2D eigenvalue weighted by molar-refractivity contribution is 6.35. The van der Waals surface area contributed by atoms with Gasteiger partial charge in [0.05, 0.1) is 5.02 Å². The lowest BCUT2D eigenvalue weighted by Crippen LogP contribution is -2.29. The first-order valence-corrected chi connectivity index (χ1v) is 10.5. The normalized spacial score (nSPS) is 13.6. The number of nitrogens with one attached hydrogen (secondary N) is 2. The lowest BCUT2D eigenvalue weighted by molar-refractivity contribution is -0.129. The van der Waals surface area contributed by atoms with Crippen molar-refractivity contribution in [3.8, 4) is 0 Å². The molecule has 4 rings (SSSR count). The number of nitrogens with zero attached hydrogens (tertiary/aromatic N) is 3. The summed E-state index contributed by atoms with van der Waals surface area (Å²) in [7, 11) is 0. The summed E-state index contributed by atoms with van der Waals surface area (Å²) in [6.07, 6.45) is 6.05. The zero-order chi connectivity index (χ0) is 20.9. The number of likely N-dealkylation sites (tertiary alicyclic amines) is 1. The van der Waals surface area contributed by atoms with Crippen LogP contribution in [0.2, 0.25) is 5.02 Å². The predicted molar refractivity (Wildman–Crippen MR) is 122 cm³/mol. The van der Waals surface area contributed by atoms with Gasteiger partial charge in [0.1, 0.15) is 11.6 Å². The number of anilines is 3. The van der Waals surface area contributed by atoms with E-state index in [1.54, 1.807) is 12.4 Å². The number of pyridine rings is 2. The second-order valence-corrected chi connectivity index (χ2v) is 7.83. The van der Waals surface area contributed by atoms with E-state index in [-0.39, 0.29) is 5.91 Å². The Morgan fingerprint density at radius 1 is 1.10 bits per heavy atom. The average Bonchev–Trinajstić information content (AvgIpc) is 3.30. The number of carbonyl (C=O) groups excluding carboxylic acids is 1. The van der Waals surface area contributed by atoms with E-state index in [9.17, 15) is 4.79 Å². The Balaban J connectivity index is 1.33. The summed E-state index contributed by atoms with van der Waals surface area (Å²) in [5, 5.41) is 8.93. The van der Waals surface area contributed by atoms with Crippen LogP contribution in [0.4, 0.5) is 17.3 Å². The lowest BCUT2D eigenvalue weighted by Gasteiger charge is -2.15. The molecule has 1 saturated heterocycles. The predicted octanol–water partition coefficient (Wildman–Crippen LogP) is 3.90. The fraction of sp³-hybridized carbons (Fsp3) is 0.318. The van der Waals surface area contributed by atoms with Crippen molar-refractivity contribution in [1.82, 2.24) is 14.9 Å². The van der Waals surface area contributed by atoms with Gasteiger partial charge in [0.25, 0.3) is 0 Å². The number of rotatable bonds is 7. The van der Waals surface area contributed by atoms with E-state index < -0.39 is 0 Å². The maximum absolute atomic E-state index is 12.1. The van der Waals surface area contributed by atoms with Gasteiger partial charge in [-0.15, -0.1) is 0 Å². The number of carbonyl (C=O) groups is 1. The van der Waals surface area contributed by atoms with Crippen molar-refractivity contribution in [2.75, 3.05) is 36.0 Å². The van der Waals surface area contributed by atoms with Gasteiger partial charge in [-0.3, -0.25) is 4.79 Å². The Kier molecular flexibility index (Phi) is 6.18. The van der Waals surface area contributed by atoms with Crippen LogP contribution in [-0.4, -0.2) is 40.4 Å². The summed E-state index contributed by atoms with van der Waals surface area (Å²) < 4.78 is 0. The van der Waals surface area contributed by atoms with E-state index in [0.717, 1.165) is 53.8 Å². The van der Waals surface area contributed by atoms with Crippen LogP contribution in [-0.2, 0) is 11.3 Å². The van der Waals surface area contributed by atoms with Crippen LogP contribution >= 0.6 is 11.6 Å². The topological polar surface area (TPSA) is 96.2 Å². The van der Waals surface area contributed by atoms with Crippen LogP contribution in [0.3, 0.4) is 0 Å². The van der Waals surface area contributed by atoms with Gasteiger partial charge in [0.15, 0.2) is 0 Å². The van der Waals surface area contributed by atoms with E-state index in [2.05, 4.69) is 20.6 Å². The highest BCUT2D eigenvalue weighted by atomic mass is 35.5. The smallest absolute Gasteiger partial charge is 0.224 e. The molecule has 1 aliphatic rings. The number of amides is 1. The van der Waals surface area contributed by atoms with E-state index in [1.807, 2.05) is 35.2 Å². The molecule has 30 heavy (non-hydrogen) atoms. The second kappa shape index (κ2) is 9.17. The third kappa shape index (κ3) is 4.74. The fourth-order valence-corrected chi connectivity index (χ4v) is 3.85. The fourth-order valence-electron chi connectivity index (χ4n) is 3.65. The van der Waals surface area contributed by atoms with Gasteiger partial charge >= 0.3 is 0 Å². The molecule has 0 atom stereocenters. The van der Waals surface area contributed by atoms with E-state index in [0.29, 0.717) is 30.4 Å². The van der Waals surface area contributed by atoms with Gasteiger partial charge in [-0.1, -0.05) is 11.6 Å². The molecule has 8 heteroatoms. The largest absolute Gasteiger partial charge is 0.383 e. The van der Waals surface area contributed by atoms with Crippen LogP contribution in [0.1, 0.15) is 24.8 Å². The maximum atomic E-state index is 12.1. The zero-order valence-corrected chi connectivity index (χ0v) is 17.5. The van der Waals surface area contributed by atoms with Crippen LogP contribution < -0.4 is 16.4 Å². The molecule has 3 heterocycles. The van der Waals surface area contributed by atoms with Crippen molar-refractivity contribution in [3.05, 3.63) is 53.3 Å². The molecule has 4 N–H and O–H groups in total.